The zero-order valence-corrected chi connectivity index (χ0v) is 20.0. The van der Waals surface area contributed by atoms with Crippen molar-refractivity contribution in [1.29, 1.82) is 0 Å². The van der Waals surface area contributed by atoms with Crippen LogP contribution >= 0.6 is 11.6 Å². The molecule has 0 aromatic heterocycles. The molecule has 1 N–H and O–H groups in total. The van der Waals surface area contributed by atoms with Crippen LogP contribution in [0.4, 0.5) is 14.9 Å². The van der Waals surface area contributed by atoms with Crippen molar-refractivity contribution in [2.75, 3.05) is 26.0 Å². The summed E-state index contributed by atoms with van der Waals surface area (Å²) in [5, 5.41) is 8.97. The third-order valence-electron chi connectivity index (χ3n) is 5.68. The number of nitrogens with one attached hydrogen (secondary N) is 1. The molecule has 3 aromatic rings. The molecule has 35 heavy (non-hydrogen) atoms. The zero-order chi connectivity index (χ0) is 24.9. The van der Waals surface area contributed by atoms with Gasteiger partial charge in [0, 0.05) is 29.6 Å². The number of carbonyl (C=O) groups excluding carboxylic acids is 2. The summed E-state index contributed by atoms with van der Waals surface area (Å²) in [6.45, 7) is -0.273. The second kappa shape index (κ2) is 10.6. The average molecular weight is 495 g/mol. The quantitative estimate of drug-likeness (QED) is 0.503. The first-order valence-corrected chi connectivity index (χ1v) is 11.3. The van der Waals surface area contributed by atoms with E-state index in [0.717, 1.165) is 0 Å². The first-order valence-electron chi connectivity index (χ1n) is 10.9. The van der Waals surface area contributed by atoms with E-state index < -0.39 is 23.8 Å². The normalized spacial score (nSPS) is 14.9. The minimum atomic E-state index is -0.666. The standard InChI is InChI=1S/C26H24ClFN4O3/c1-31(26(34)29-21-13-7-8-14-24(21)35-2)16-25(33)32-23(18-10-4-6-12-20(18)28)15-22(30-32)17-9-3-5-11-19(17)27/h3-14,23H,15-16H2,1-2H3,(H,29,34). The molecule has 7 nitrogen and oxygen atoms in total. The van der Waals surface area contributed by atoms with Crippen LogP contribution in [-0.2, 0) is 4.79 Å². The lowest BCUT2D eigenvalue weighted by Gasteiger charge is -2.25. The van der Waals surface area contributed by atoms with E-state index in [1.165, 1.54) is 30.1 Å². The van der Waals surface area contributed by atoms with Gasteiger partial charge in [0.2, 0.25) is 0 Å². The fraction of sp³-hybridized carbons (Fsp3) is 0.192. The van der Waals surface area contributed by atoms with Crippen molar-refractivity contribution in [3.8, 4) is 5.75 Å². The molecule has 180 valence electrons. The lowest BCUT2D eigenvalue weighted by Crippen LogP contribution is -2.41. The summed E-state index contributed by atoms with van der Waals surface area (Å²) in [6.07, 6.45) is 0.285. The fourth-order valence-electron chi connectivity index (χ4n) is 3.89. The van der Waals surface area contributed by atoms with Crippen LogP contribution in [-0.4, -0.2) is 48.3 Å². The number of benzene rings is 3. The number of nitrogens with zero attached hydrogens (tertiary/aromatic N) is 3. The van der Waals surface area contributed by atoms with Crippen molar-refractivity contribution in [2.24, 2.45) is 5.10 Å². The predicted molar refractivity (Wildman–Crippen MR) is 133 cm³/mol. The summed E-state index contributed by atoms with van der Waals surface area (Å²) in [7, 11) is 3.00. The molecule has 1 atom stereocenters. The van der Waals surface area contributed by atoms with Crippen LogP contribution in [0.5, 0.6) is 5.75 Å². The molecule has 9 heteroatoms. The highest BCUT2D eigenvalue weighted by atomic mass is 35.5. The third-order valence-corrected chi connectivity index (χ3v) is 6.01. The van der Waals surface area contributed by atoms with Crippen LogP contribution in [0.15, 0.2) is 77.9 Å². The minimum Gasteiger partial charge on any atom is -0.495 e. The Kier molecular flexibility index (Phi) is 7.31. The number of urea groups is 1. The van der Waals surface area contributed by atoms with E-state index in [0.29, 0.717) is 33.3 Å². The lowest BCUT2D eigenvalue weighted by molar-refractivity contribution is -0.133. The van der Waals surface area contributed by atoms with Gasteiger partial charge in [0.25, 0.3) is 5.91 Å². The van der Waals surface area contributed by atoms with Gasteiger partial charge in [0.15, 0.2) is 0 Å². The molecule has 0 bridgehead atoms. The predicted octanol–water partition coefficient (Wildman–Crippen LogP) is 5.33. The summed E-state index contributed by atoms with van der Waals surface area (Å²) in [5.74, 6) is -0.403. The molecule has 1 aliphatic heterocycles. The van der Waals surface area contributed by atoms with Crippen molar-refractivity contribution in [1.82, 2.24) is 9.91 Å². The molecule has 4 rings (SSSR count). The maximum Gasteiger partial charge on any atom is 0.322 e. The highest BCUT2D eigenvalue weighted by Crippen LogP contribution is 2.35. The van der Waals surface area contributed by atoms with Gasteiger partial charge >= 0.3 is 6.03 Å². The molecule has 0 saturated carbocycles. The Labute approximate surface area is 207 Å². The topological polar surface area (TPSA) is 74.2 Å². The molecule has 0 radical (unpaired) electrons. The van der Waals surface area contributed by atoms with Gasteiger partial charge in [-0.15, -0.1) is 0 Å². The number of hydrazone groups is 1. The number of ether oxygens (including phenoxy) is 1. The smallest absolute Gasteiger partial charge is 0.322 e. The van der Waals surface area contributed by atoms with Crippen LogP contribution in [0, 0.1) is 5.82 Å². The number of para-hydroxylation sites is 2. The van der Waals surface area contributed by atoms with Crippen molar-refractivity contribution in [2.45, 2.75) is 12.5 Å². The SMILES string of the molecule is COc1ccccc1NC(=O)N(C)CC(=O)N1N=C(c2ccccc2Cl)CC1c1ccccc1F. The van der Waals surface area contributed by atoms with E-state index in [1.54, 1.807) is 60.7 Å². The summed E-state index contributed by atoms with van der Waals surface area (Å²) < 4.78 is 19.9. The maximum atomic E-state index is 14.7. The van der Waals surface area contributed by atoms with E-state index in [4.69, 9.17) is 16.3 Å². The van der Waals surface area contributed by atoms with Gasteiger partial charge in [0.1, 0.15) is 18.1 Å². The van der Waals surface area contributed by atoms with Crippen LogP contribution < -0.4 is 10.1 Å². The van der Waals surface area contributed by atoms with E-state index in [1.807, 2.05) is 6.07 Å². The molecule has 1 heterocycles. The molecule has 0 fully saturated rings. The van der Waals surface area contributed by atoms with Crippen LogP contribution in [0.3, 0.4) is 0 Å². The minimum absolute atomic E-state index is 0.273. The molecular formula is C26H24ClFN4O3. The number of hydrogen-bond donors (Lipinski definition) is 1. The van der Waals surface area contributed by atoms with Crippen LogP contribution in [0.1, 0.15) is 23.6 Å². The van der Waals surface area contributed by atoms with E-state index >= 15 is 0 Å². The average Bonchev–Trinajstić information content (AvgIpc) is 3.30. The highest BCUT2D eigenvalue weighted by molar-refractivity contribution is 6.34. The van der Waals surface area contributed by atoms with Crippen LogP contribution in [0.2, 0.25) is 5.02 Å². The molecule has 1 aliphatic rings. The molecule has 3 amide bonds. The number of hydrogen-bond acceptors (Lipinski definition) is 4. The van der Waals surface area contributed by atoms with E-state index in [2.05, 4.69) is 10.4 Å². The monoisotopic (exact) mass is 494 g/mol. The first kappa shape index (κ1) is 24.2. The summed E-state index contributed by atoms with van der Waals surface area (Å²) >= 11 is 6.35. The number of anilines is 1. The Hall–Kier alpha value is -3.91. The van der Waals surface area contributed by atoms with Crippen molar-refractivity contribution in [3.05, 3.63) is 94.8 Å². The van der Waals surface area contributed by atoms with Gasteiger partial charge in [-0.1, -0.05) is 60.1 Å². The highest BCUT2D eigenvalue weighted by Gasteiger charge is 2.35. The Morgan fingerprint density at radius 3 is 2.54 bits per heavy atom. The number of likely N-dealkylation sites (N-methyl/N-ethyl adjacent to an activating group) is 1. The second-order valence-corrected chi connectivity index (χ2v) is 8.40. The molecular weight excluding hydrogens is 471 g/mol. The van der Waals surface area contributed by atoms with Crippen molar-refractivity contribution in [3.63, 3.8) is 0 Å². The second-order valence-electron chi connectivity index (χ2n) is 7.99. The molecule has 0 saturated heterocycles. The lowest BCUT2D eigenvalue weighted by atomic mass is 9.98. The van der Waals surface area contributed by atoms with E-state index in [-0.39, 0.29) is 13.0 Å². The van der Waals surface area contributed by atoms with Gasteiger partial charge in [-0.05, 0) is 24.3 Å². The van der Waals surface area contributed by atoms with Gasteiger partial charge in [-0.3, -0.25) is 4.79 Å². The van der Waals surface area contributed by atoms with Crippen molar-refractivity contribution >= 4 is 34.9 Å². The third kappa shape index (κ3) is 5.27. The zero-order valence-electron chi connectivity index (χ0n) is 19.2. The summed E-state index contributed by atoms with van der Waals surface area (Å²) in [6, 6.07) is 19.2. The van der Waals surface area contributed by atoms with Gasteiger partial charge in [-0.25, -0.2) is 14.2 Å². The summed E-state index contributed by atoms with van der Waals surface area (Å²) in [4.78, 5) is 27.3. The molecule has 0 aliphatic carbocycles. The Morgan fingerprint density at radius 2 is 1.80 bits per heavy atom. The molecule has 1 unspecified atom stereocenters. The molecule has 3 aromatic carbocycles. The first-order chi connectivity index (χ1) is 16.9. The van der Waals surface area contributed by atoms with Crippen molar-refractivity contribution < 1.29 is 18.7 Å². The van der Waals surface area contributed by atoms with E-state index in [9.17, 15) is 14.0 Å². The Balaban J connectivity index is 1.56. The number of rotatable bonds is 6. The number of amides is 3. The van der Waals surface area contributed by atoms with Gasteiger partial charge in [0.05, 0.1) is 24.6 Å². The fourth-order valence-corrected chi connectivity index (χ4v) is 4.14. The number of halogens is 2. The van der Waals surface area contributed by atoms with Gasteiger partial charge in [-0.2, -0.15) is 5.10 Å². The van der Waals surface area contributed by atoms with Crippen LogP contribution in [0.25, 0.3) is 0 Å². The Morgan fingerprint density at radius 1 is 1.11 bits per heavy atom. The summed E-state index contributed by atoms with van der Waals surface area (Å²) in [5.41, 5.74) is 2.06. The Bertz CT molecular complexity index is 1280. The van der Waals surface area contributed by atoms with Gasteiger partial charge < -0.3 is 15.0 Å². The largest absolute Gasteiger partial charge is 0.495 e. The molecule has 0 spiro atoms. The maximum absolute atomic E-state index is 14.7. The number of carbonyl (C=O) groups is 2. The number of methoxy groups -OCH3 is 1.